The average molecular weight is 212 g/mol. The number of ether oxygens (including phenoxy) is 1. The quantitative estimate of drug-likeness (QED) is 0.741. The van der Waals surface area contributed by atoms with Crippen molar-refractivity contribution in [1.29, 1.82) is 0 Å². The first kappa shape index (κ1) is 11.4. The van der Waals surface area contributed by atoms with E-state index in [1.54, 1.807) is 0 Å². The maximum absolute atomic E-state index is 5.54. The number of nitrogens with zero attached hydrogens (tertiary/aromatic N) is 1. The van der Waals surface area contributed by atoms with Crippen molar-refractivity contribution in [2.24, 2.45) is 17.1 Å². The Labute approximate surface area is 93.0 Å². The second-order valence-electron chi connectivity index (χ2n) is 5.62. The molecule has 2 fully saturated rings. The summed E-state index contributed by atoms with van der Waals surface area (Å²) in [5.74, 6) is 0.901. The molecule has 1 atom stereocenters. The van der Waals surface area contributed by atoms with Crippen molar-refractivity contribution in [2.45, 2.75) is 26.2 Å². The molecule has 2 rings (SSSR count). The summed E-state index contributed by atoms with van der Waals surface area (Å²) in [4.78, 5) is 2.61. The first-order valence-electron chi connectivity index (χ1n) is 6.22. The standard InChI is InChI=1S/C12H24N2O/c1-12(9-15-10-12)8-14-6-4-11(7-14)3-2-5-13/h11H,2-10,13H2,1H3. The Balaban J connectivity index is 1.68. The van der Waals surface area contributed by atoms with E-state index in [4.69, 9.17) is 10.5 Å². The normalized spacial score (nSPS) is 30.4. The molecule has 2 saturated heterocycles. The first-order valence-corrected chi connectivity index (χ1v) is 6.22. The molecule has 0 aliphatic carbocycles. The third-order valence-electron chi connectivity index (χ3n) is 3.69. The topological polar surface area (TPSA) is 38.5 Å². The molecule has 0 saturated carbocycles. The van der Waals surface area contributed by atoms with Gasteiger partial charge in [-0.25, -0.2) is 0 Å². The summed E-state index contributed by atoms with van der Waals surface area (Å²) in [5.41, 5.74) is 5.99. The fourth-order valence-electron chi connectivity index (χ4n) is 2.78. The van der Waals surface area contributed by atoms with E-state index in [1.807, 2.05) is 0 Å². The number of hydrogen-bond donors (Lipinski definition) is 1. The van der Waals surface area contributed by atoms with Crippen LogP contribution in [-0.2, 0) is 4.74 Å². The molecule has 2 heterocycles. The lowest BCUT2D eigenvalue weighted by Crippen LogP contribution is -2.48. The number of nitrogens with two attached hydrogens (primary N) is 1. The largest absolute Gasteiger partial charge is 0.380 e. The molecule has 0 aromatic carbocycles. The van der Waals surface area contributed by atoms with Crippen molar-refractivity contribution in [2.75, 3.05) is 39.4 Å². The zero-order chi connectivity index (χ0) is 10.7. The van der Waals surface area contributed by atoms with Crippen LogP contribution < -0.4 is 5.73 Å². The van der Waals surface area contributed by atoms with E-state index in [1.165, 1.54) is 38.9 Å². The van der Waals surface area contributed by atoms with E-state index in [0.717, 1.165) is 25.7 Å². The van der Waals surface area contributed by atoms with Gasteiger partial charge in [0.15, 0.2) is 0 Å². The first-order chi connectivity index (χ1) is 7.22. The van der Waals surface area contributed by atoms with Gasteiger partial charge in [0.1, 0.15) is 0 Å². The van der Waals surface area contributed by atoms with Gasteiger partial charge in [-0.3, -0.25) is 0 Å². The minimum Gasteiger partial charge on any atom is -0.380 e. The highest BCUT2D eigenvalue weighted by atomic mass is 16.5. The SMILES string of the molecule is CC1(CN2CCC(CCCN)C2)COC1. The van der Waals surface area contributed by atoms with Crippen molar-refractivity contribution in [3.63, 3.8) is 0 Å². The molecule has 2 N–H and O–H groups in total. The van der Waals surface area contributed by atoms with E-state index in [-0.39, 0.29) is 0 Å². The molecule has 2 aliphatic rings. The van der Waals surface area contributed by atoms with Crippen molar-refractivity contribution >= 4 is 0 Å². The Morgan fingerprint density at radius 1 is 1.47 bits per heavy atom. The molecule has 0 spiro atoms. The van der Waals surface area contributed by atoms with Crippen LogP contribution in [0.3, 0.4) is 0 Å². The predicted molar refractivity (Wildman–Crippen MR) is 61.8 cm³/mol. The molecule has 0 aromatic heterocycles. The summed E-state index contributed by atoms with van der Waals surface area (Å²) < 4.78 is 5.30. The average Bonchev–Trinajstić information content (AvgIpc) is 2.60. The van der Waals surface area contributed by atoms with Crippen LogP contribution in [0.2, 0.25) is 0 Å². The molecule has 0 aromatic rings. The minimum absolute atomic E-state index is 0.447. The second kappa shape index (κ2) is 4.81. The van der Waals surface area contributed by atoms with Gasteiger partial charge in [0, 0.05) is 18.5 Å². The van der Waals surface area contributed by atoms with Gasteiger partial charge >= 0.3 is 0 Å². The van der Waals surface area contributed by atoms with Gasteiger partial charge in [-0.1, -0.05) is 6.92 Å². The van der Waals surface area contributed by atoms with Crippen LogP contribution in [0.15, 0.2) is 0 Å². The summed E-state index contributed by atoms with van der Waals surface area (Å²) in [5, 5.41) is 0. The highest BCUT2D eigenvalue weighted by molar-refractivity contribution is 4.87. The van der Waals surface area contributed by atoms with Crippen molar-refractivity contribution in [1.82, 2.24) is 4.90 Å². The summed E-state index contributed by atoms with van der Waals surface area (Å²) in [6, 6.07) is 0. The highest BCUT2D eigenvalue weighted by Gasteiger charge is 2.36. The van der Waals surface area contributed by atoms with E-state index in [2.05, 4.69) is 11.8 Å². The molecule has 15 heavy (non-hydrogen) atoms. The van der Waals surface area contributed by atoms with Gasteiger partial charge in [0.25, 0.3) is 0 Å². The Bertz CT molecular complexity index is 204. The Morgan fingerprint density at radius 2 is 2.27 bits per heavy atom. The Morgan fingerprint density at radius 3 is 2.87 bits per heavy atom. The number of rotatable bonds is 5. The lowest BCUT2D eigenvalue weighted by Gasteiger charge is -2.40. The molecular weight excluding hydrogens is 188 g/mol. The maximum Gasteiger partial charge on any atom is 0.0554 e. The number of likely N-dealkylation sites (tertiary alicyclic amines) is 1. The van der Waals surface area contributed by atoms with Gasteiger partial charge in [-0.2, -0.15) is 0 Å². The van der Waals surface area contributed by atoms with Gasteiger partial charge in [0.05, 0.1) is 13.2 Å². The maximum atomic E-state index is 5.54. The van der Waals surface area contributed by atoms with Crippen LogP contribution in [0.4, 0.5) is 0 Å². The smallest absolute Gasteiger partial charge is 0.0554 e. The highest BCUT2D eigenvalue weighted by Crippen LogP contribution is 2.30. The van der Waals surface area contributed by atoms with Gasteiger partial charge in [0.2, 0.25) is 0 Å². The molecule has 3 nitrogen and oxygen atoms in total. The van der Waals surface area contributed by atoms with E-state index in [0.29, 0.717) is 5.41 Å². The third kappa shape index (κ3) is 2.92. The summed E-state index contributed by atoms with van der Waals surface area (Å²) >= 11 is 0. The van der Waals surface area contributed by atoms with Crippen LogP contribution >= 0.6 is 0 Å². The van der Waals surface area contributed by atoms with Crippen molar-refractivity contribution in [3.8, 4) is 0 Å². The van der Waals surface area contributed by atoms with Crippen molar-refractivity contribution in [3.05, 3.63) is 0 Å². The van der Waals surface area contributed by atoms with Crippen molar-refractivity contribution < 1.29 is 4.74 Å². The van der Waals surface area contributed by atoms with Crippen LogP contribution in [0.1, 0.15) is 26.2 Å². The molecule has 2 aliphatic heterocycles. The number of hydrogen-bond acceptors (Lipinski definition) is 3. The van der Waals surface area contributed by atoms with Crippen LogP contribution in [0.25, 0.3) is 0 Å². The summed E-state index contributed by atoms with van der Waals surface area (Å²) in [6.07, 6.45) is 3.88. The fraction of sp³-hybridized carbons (Fsp3) is 1.00. The second-order valence-corrected chi connectivity index (χ2v) is 5.62. The molecule has 0 radical (unpaired) electrons. The third-order valence-corrected chi connectivity index (χ3v) is 3.69. The fourth-order valence-corrected chi connectivity index (χ4v) is 2.78. The molecule has 1 unspecified atom stereocenters. The molecule has 0 bridgehead atoms. The van der Waals surface area contributed by atoms with Gasteiger partial charge in [-0.15, -0.1) is 0 Å². The molecular formula is C12H24N2O. The molecule has 88 valence electrons. The van der Waals surface area contributed by atoms with Gasteiger partial charge < -0.3 is 15.4 Å². The molecule has 0 amide bonds. The molecule has 3 heteroatoms. The Kier molecular flexibility index (Phi) is 3.65. The summed E-state index contributed by atoms with van der Waals surface area (Å²) in [7, 11) is 0. The van der Waals surface area contributed by atoms with E-state index >= 15 is 0 Å². The lowest BCUT2D eigenvalue weighted by atomic mass is 9.88. The van der Waals surface area contributed by atoms with Crippen LogP contribution in [0, 0.1) is 11.3 Å². The van der Waals surface area contributed by atoms with Crippen LogP contribution in [-0.4, -0.2) is 44.3 Å². The van der Waals surface area contributed by atoms with E-state index < -0.39 is 0 Å². The summed E-state index contributed by atoms with van der Waals surface area (Å²) in [6.45, 7) is 8.90. The lowest BCUT2D eigenvalue weighted by molar-refractivity contribution is -0.113. The predicted octanol–water partition coefficient (Wildman–Crippen LogP) is 1.08. The van der Waals surface area contributed by atoms with Crippen LogP contribution in [0.5, 0.6) is 0 Å². The minimum atomic E-state index is 0.447. The zero-order valence-electron chi connectivity index (χ0n) is 9.87. The van der Waals surface area contributed by atoms with E-state index in [9.17, 15) is 0 Å². The Hall–Kier alpha value is -0.120. The monoisotopic (exact) mass is 212 g/mol. The zero-order valence-corrected chi connectivity index (χ0v) is 9.87. The van der Waals surface area contributed by atoms with Gasteiger partial charge in [-0.05, 0) is 38.3 Å².